The minimum absolute atomic E-state index is 0.200. The Kier molecular flexibility index (Phi) is 6.99. The van der Waals surface area contributed by atoms with Gasteiger partial charge in [-0.05, 0) is 42.8 Å². The molecule has 0 radical (unpaired) electrons. The number of rotatable bonds is 9. The van der Waals surface area contributed by atoms with E-state index in [0.29, 0.717) is 29.8 Å². The van der Waals surface area contributed by atoms with Gasteiger partial charge in [0.2, 0.25) is 5.89 Å². The van der Waals surface area contributed by atoms with Gasteiger partial charge in [0, 0.05) is 17.3 Å². The van der Waals surface area contributed by atoms with Crippen LogP contribution in [0.15, 0.2) is 77.5 Å². The predicted octanol–water partition coefficient (Wildman–Crippen LogP) is 4.92. The molecule has 0 saturated carbocycles. The highest BCUT2D eigenvalue weighted by molar-refractivity contribution is 5.72. The van der Waals surface area contributed by atoms with Gasteiger partial charge in [-0.1, -0.05) is 30.3 Å². The number of carbonyl (C=O) groups excluding carboxylic acids is 1. The van der Waals surface area contributed by atoms with E-state index in [1.165, 1.54) is 7.11 Å². The fraction of sp³-hybridized carbons (Fsp3) is 0.192. The molecule has 0 aliphatic carbocycles. The van der Waals surface area contributed by atoms with E-state index in [-0.39, 0.29) is 19.0 Å². The van der Waals surface area contributed by atoms with Crippen molar-refractivity contribution in [2.24, 2.45) is 0 Å². The van der Waals surface area contributed by atoms with Gasteiger partial charge in [-0.25, -0.2) is 4.98 Å². The molecule has 0 aliphatic heterocycles. The number of esters is 1. The molecular weight excluding hydrogens is 420 g/mol. The Morgan fingerprint density at radius 1 is 0.909 bits per heavy atom. The smallest absolute Gasteiger partial charge is 0.309 e. The van der Waals surface area contributed by atoms with Crippen LogP contribution in [0, 0.1) is 6.92 Å². The van der Waals surface area contributed by atoms with Crippen LogP contribution < -0.4 is 9.47 Å². The summed E-state index contributed by atoms with van der Waals surface area (Å²) < 4.78 is 22.3. The lowest BCUT2D eigenvalue weighted by Gasteiger charge is -2.09. The second kappa shape index (κ2) is 10.5. The summed E-state index contributed by atoms with van der Waals surface area (Å²) in [6.07, 6.45) is 3.57. The van der Waals surface area contributed by atoms with Crippen molar-refractivity contribution in [1.82, 2.24) is 9.97 Å². The highest BCUT2D eigenvalue weighted by Gasteiger charge is 2.12. The number of aromatic nitrogens is 2. The quantitative estimate of drug-likeness (QED) is 0.339. The Morgan fingerprint density at radius 3 is 2.52 bits per heavy atom. The van der Waals surface area contributed by atoms with Crippen LogP contribution in [-0.4, -0.2) is 23.0 Å². The van der Waals surface area contributed by atoms with E-state index in [4.69, 9.17) is 18.6 Å². The summed E-state index contributed by atoms with van der Waals surface area (Å²) >= 11 is 0. The van der Waals surface area contributed by atoms with Gasteiger partial charge in [0.15, 0.2) is 0 Å². The summed E-state index contributed by atoms with van der Waals surface area (Å²) in [5, 5.41) is 0. The van der Waals surface area contributed by atoms with Crippen LogP contribution in [0.1, 0.15) is 22.6 Å². The molecule has 2 aromatic carbocycles. The minimum atomic E-state index is -0.292. The topological polar surface area (TPSA) is 83.7 Å². The molecular formula is C26H24N2O5. The van der Waals surface area contributed by atoms with E-state index in [2.05, 4.69) is 9.97 Å². The van der Waals surface area contributed by atoms with E-state index in [9.17, 15) is 4.79 Å². The van der Waals surface area contributed by atoms with E-state index >= 15 is 0 Å². The maximum absolute atomic E-state index is 11.5. The number of hydrogen-bond donors (Lipinski definition) is 0. The molecule has 7 nitrogen and oxygen atoms in total. The Morgan fingerprint density at radius 2 is 1.70 bits per heavy atom. The fourth-order valence-corrected chi connectivity index (χ4v) is 3.19. The monoisotopic (exact) mass is 444 g/mol. The number of aryl methyl sites for hydroxylation is 1. The third-order valence-corrected chi connectivity index (χ3v) is 4.94. The number of hydrogen-bond acceptors (Lipinski definition) is 7. The van der Waals surface area contributed by atoms with Crippen molar-refractivity contribution in [3.05, 3.63) is 95.6 Å². The summed E-state index contributed by atoms with van der Waals surface area (Å²) in [4.78, 5) is 20.3. The second-order valence-electron chi connectivity index (χ2n) is 7.39. The zero-order valence-electron chi connectivity index (χ0n) is 18.5. The molecule has 7 heteroatoms. The molecule has 168 valence electrons. The molecule has 0 spiro atoms. The molecule has 4 rings (SSSR count). The number of methoxy groups -OCH3 is 1. The molecule has 0 saturated heterocycles. The summed E-state index contributed by atoms with van der Waals surface area (Å²) in [6, 6.07) is 19.0. The van der Waals surface area contributed by atoms with Crippen LogP contribution in [0.2, 0.25) is 0 Å². The summed E-state index contributed by atoms with van der Waals surface area (Å²) in [5.41, 5.74) is 3.33. The summed E-state index contributed by atoms with van der Waals surface area (Å²) in [6.45, 7) is 2.45. The Labute approximate surface area is 192 Å². The van der Waals surface area contributed by atoms with Crippen LogP contribution in [0.4, 0.5) is 0 Å². The van der Waals surface area contributed by atoms with Crippen molar-refractivity contribution in [2.75, 3.05) is 7.11 Å². The molecule has 0 N–H and O–H groups in total. The first-order valence-electron chi connectivity index (χ1n) is 10.5. The number of carbonyl (C=O) groups is 1. The Balaban J connectivity index is 1.36. The maximum Gasteiger partial charge on any atom is 0.309 e. The third-order valence-electron chi connectivity index (χ3n) is 4.94. The summed E-state index contributed by atoms with van der Waals surface area (Å²) in [7, 11) is 1.37. The molecule has 0 aliphatic rings. The highest BCUT2D eigenvalue weighted by Crippen LogP contribution is 2.23. The lowest BCUT2D eigenvalue weighted by molar-refractivity contribution is -0.139. The molecule has 0 unspecified atom stereocenters. The van der Waals surface area contributed by atoms with Crippen molar-refractivity contribution < 1.29 is 23.4 Å². The van der Waals surface area contributed by atoms with Crippen LogP contribution in [-0.2, 0) is 29.2 Å². The number of oxazole rings is 1. The van der Waals surface area contributed by atoms with Gasteiger partial charge in [0.1, 0.15) is 36.2 Å². The van der Waals surface area contributed by atoms with E-state index in [0.717, 1.165) is 22.4 Å². The highest BCUT2D eigenvalue weighted by atomic mass is 16.5. The standard InChI is InChI=1S/C26H24N2O5/c1-18-24(28-26(33-18)21-8-4-3-5-9-21)17-32-23-12-20(14-27-15-23)16-31-22-10-6-7-19(11-22)13-25(29)30-2/h3-12,14-15H,13,16-17H2,1-2H3. The predicted molar refractivity (Wildman–Crippen MR) is 122 cm³/mol. The first-order valence-corrected chi connectivity index (χ1v) is 10.5. The van der Waals surface area contributed by atoms with Crippen molar-refractivity contribution in [3.63, 3.8) is 0 Å². The van der Waals surface area contributed by atoms with E-state index in [1.807, 2.05) is 67.6 Å². The van der Waals surface area contributed by atoms with Gasteiger partial charge in [0.05, 0.1) is 19.7 Å². The molecule has 0 fully saturated rings. The molecule has 0 atom stereocenters. The summed E-state index contributed by atoms with van der Waals surface area (Å²) in [5.74, 6) is 2.27. The van der Waals surface area contributed by atoms with Gasteiger partial charge in [0.25, 0.3) is 0 Å². The number of ether oxygens (including phenoxy) is 3. The van der Waals surface area contributed by atoms with Crippen LogP contribution in [0.25, 0.3) is 11.5 Å². The zero-order valence-corrected chi connectivity index (χ0v) is 18.5. The van der Waals surface area contributed by atoms with E-state index < -0.39 is 0 Å². The average Bonchev–Trinajstić information content (AvgIpc) is 3.23. The first-order chi connectivity index (χ1) is 16.1. The van der Waals surface area contributed by atoms with Gasteiger partial charge < -0.3 is 18.6 Å². The van der Waals surface area contributed by atoms with Gasteiger partial charge in [-0.3, -0.25) is 9.78 Å². The van der Waals surface area contributed by atoms with Crippen LogP contribution in [0.3, 0.4) is 0 Å². The minimum Gasteiger partial charge on any atom is -0.489 e. The number of pyridine rings is 1. The van der Waals surface area contributed by atoms with Crippen LogP contribution >= 0.6 is 0 Å². The zero-order chi connectivity index (χ0) is 23.0. The van der Waals surface area contributed by atoms with Crippen molar-refractivity contribution in [3.8, 4) is 23.0 Å². The van der Waals surface area contributed by atoms with Crippen molar-refractivity contribution in [2.45, 2.75) is 26.6 Å². The average molecular weight is 444 g/mol. The molecule has 2 heterocycles. The molecule has 33 heavy (non-hydrogen) atoms. The maximum atomic E-state index is 11.5. The van der Waals surface area contributed by atoms with Crippen LogP contribution in [0.5, 0.6) is 11.5 Å². The normalized spacial score (nSPS) is 10.6. The fourth-order valence-electron chi connectivity index (χ4n) is 3.19. The van der Waals surface area contributed by atoms with Gasteiger partial charge in [-0.2, -0.15) is 0 Å². The molecule has 4 aromatic rings. The van der Waals surface area contributed by atoms with Gasteiger partial charge in [-0.15, -0.1) is 0 Å². The Bertz CT molecular complexity index is 1220. The SMILES string of the molecule is COC(=O)Cc1cccc(OCc2cncc(OCc3nc(-c4ccccc4)oc3C)c2)c1. The molecule has 2 aromatic heterocycles. The van der Waals surface area contributed by atoms with E-state index in [1.54, 1.807) is 12.4 Å². The van der Waals surface area contributed by atoms with Gasteiger partial charge >= 0.3 is 5.97 Å². The first kappa shape index (κ1) is 22.1. The molecule has 0 bridgehead atoms. The number of benzene rings is 2. The lowest BCUT2D eigenvalue weighted by atomic mass is 10.1. The number of nitrogens with zero attached hydrogens (tertiary/aromatic N) is 2. The third kappa shape index (κ3) is 5.98. The van der Waals surface area contributed by atoms with Crippen molar-refractivity contribution in [1.29, 1.82) is 0 Å². The Hall–Kier alpha value is -4.13. The second-order valence-corrected chi connectivity index (χ2v) is 7.39. The largest absolute Gasteiger partial charge is 0.489 e. The van der Waals surface area contributed by atoms with Crippen molar-refractivity contribution >= 4 is 5.97 Å². The lowest BCUT2D eigenvalue weighted by Crippen LogP contribution is -2.04. The molecule has 0 amide bonds.